The summed E-state index contributed by atoms with van der Waals surface area (Å²) in [5.74, 6) is 2.17. The van der Waals surface area contributed by atoms with E-state index in [4.69, 9.17) is 21.1 Å². The SMILES string of the molecule is CNC1CCC(C)c2c(Cl)cc3c(c21)OCCO3. The molecular formula is C14H18ClNO2. The molecule has 0 spiro atoms. The Hall–Kier alpha value is -0.930. The number of rotatable bonds is 1. The van der Waals surface area contributed by atoms with Gasteiger partial charge in [0, 0.05) is 22.7 Å². The zero-order valence-corrected chi connectivity index (χ0v) is 11.5. The minimum absolute atomic E-state index is 0.311. The molecule has 1 aromatic rings. The maximum atomic E-state index is 6.43. The van der Waals surface area contributed by atoms with E-state index in [9.17, 15) is 0 Å². The van der Waals surface area contributed by atoms with Crippen LogP contribution in [-0.4, -0.2) is 20.3 Å². The summed E-state index contributed by atoms with van der Waals surface area (Å²) in [5.41, 5.74) is 2.44. The highest BCUT2D eigenvalue weighted by molar-refractivity contribution is 6.31. The van der Waals surface area contributed by atoms with Crippen LogP contribution in [0, 0.1) is 0 Å². The zero-order valence-electron chi connectivity index (χ0n) is 10.8. The van der Waals surface area contributed by atoms with E-state index in [1.54, 1.807) is 0 Å². The molecule has 0 aromatic heterocycles. The summed E-state index contributed by atoms with van der Waals surface area (Å²) in [6, 6.07) is 2.22. The van der Waals surface area contributed by atoms with Crippen LogP contribution < -0.4 is 14.8 Å². The van der Waals surface area contributed by atoms with Crippen molar-refractivity contribution in [2.75, 3.05) is 20.3 Å². The van der Waals surface area contributed by atoms with Gasteiger partial charge >= 0.3 is 0 Å². The topological polar surface area (TPSA) is 30.5 Å². The van der Waals surface area contributed by atoms with Gasteiger partial charge in [0.1, 0.15) is 13.2 Å². The lowest BCUT2D eigenvalue weighted by atomic mass is 9.80. The molecule has 1 N–H and O–H groups in total. The molecule has 0 radical (unpaired) electrons. The highest BCUT2D eigenvalue weighted by Crippen LogP contribution is 2.50. The summed E-state index contributed by atoms with van der Waals surface area (Å²) >= 11 is 6.43. The lowest BCUT2D eigenvalue weighted by Gasteiger charge is -2.34. The number of benzene rings is 1. The third-order valence-corrected chi connectivity index (χ3v) is 4.25. The first-order valence-corrected chi connectivity index (χ1v) is 6.89. The molecule has 2 unspecified atom stereocenters. The van der Waals surface area contributed by atoms with Crippen molar-refractivity contribution in [3.63, 3.8) is 0 Å². The van der Waals surface area contributed by atoms with Gasteiger partial charge in [0.2, 0.25) is 0 Å². The lowest BCUT2D eigenvalue weighted by molar-refractivity contribution is 0.167. The van der Waals surface area contributed by atoms with Gasteiger partial charge in [-0.15, -0.1) is 0 Å². The number of hydrogen-bond donors (Lipinski definition) is 1. The Kier molecular flexibility index (Phi) is 3.12. The molecule has 1 heterocycles. The van der Waals surface area contributed by atoms with Crippen LogP contribution in [0.5, 0.6) is 11.5 Å². The van der Waals surface area contributed by atoms with Crippen LogP contribution in [0.25, 0.3) is 0 Å². The van der Waals surface area contributed by atoms with E-state index in [0.717, 1.165) is 29.4 Å². The number of fused-ring (bicyclic) bond motifs is 3. The van der Waals surface area contributed by atoms with Crippen LogP contribution in [0.3, 0.4) is 0 Å². The predicted molar refractivity (Wildman–Crippen MR) is 71.9 cm³/mol. The van der Waals surface area contributed by atoms with E-state index >= 15 is 0 Å². The van der Waals surface area contributed by atoms with E-state index in [1.807, 2.05) is 13.1 Å². The van der Waals surface area contributed by atoms with Crippen molar-refractivity contribution in [3.05, 3.63) is 22.2 Å². The third kappa shape index (κ3) is 1.77. The standard InChI is InChI=1S/C14H18ClNO2/c1-8-3-4-10(16-2)13-12(8)9(15)7-11-14(13)18-6-5-17-11/h7-8,10,16H,3-6H2,1-2H3. The Morgan fingerprint density at radius 2 is 2.00 bits per heavy atom. The lowest BCUT2D eigenvalue weighted by Crippen LogP contribution is -2.26. The highest BCUT2D eigenvalue weighted by Gasteiger charge is 2.32. The molecule has 2 atom stereocenters. The van der Waals surface area contributed by atoms with Gasteiger partial charge in [-0.3, -0.25) is 0 Å². The van der Waals surface area contributed by atoms with Gasteiger partial charge in [-0.1, -0.05) is 18.5 Å². The maximum Gasteiger partial charge on any atom is 0.166 e. The quantitative estimate of drug-likeness (QED) is 0.847. The Bertz CT molecular complexity index is 475. The van der Waals surface area contributed by atoms with E-state index in [0.29, 0.717) is 25.2 Å². The molecule has 1 aliphatic carbocycles. The number of nitrogens with one attached hydrogen (secondary N) is 1. The van der Waals surface area contributed by atoms with Gasteiger partial charge in [0.05, 0.1) is 0 Å². The molecule has 3 rings (SSSR count). The van der Waals surface area contributed by atoms with Crippen LogP contribution in [0.2, 0.25) is 5.02 Å². The van der Waals surface area contributed by atoms with Crippen molar-refractivity contribution in [2.24, 2.45) is 0 Å². The van der Waals surface area contributed by atoms with Crippen LogP contribution in [0.1, 0.15) is 42.9 Å². The summed E-state index contributed by atoms with van der Waals surface area (Å²) in [6.45, 7) is 3.44. The fraction of sp³-hybridized carbons (Fsp3) is 0.571. The van der Waals surface area contributed by atoms with Crippen molar-refractivity contribution >= 4 is 11.6 Å². The van der Waals surface area contributed by atoms with E-state index in [-0.39, 0.29) is 0 Å². The summed E-state index contributed by atoms with van der Waals surface area (Å²) in [5, 5.41) is 4.17. The molecule has 0 bridgehead atoms. The summed E-state index contributed by atoms with van der Waals surface area (Å²) in [6.07, 6.45) is 2.26. The van der Waals surface area contributed by atoms with Gasteiger partial charge in [-0.2, -0.15) is 0 Å². The molecule has 4 heteroatoms. The molecule has 18 heavy (non-hydrogen) atoms. The Labute approximate surface area is 112 Å². The van der Waals surface area contributed by atoms with Crippen LogP contribution in [0.15, 0.2) is 6.07 Å². The smallest absolute Gasteiger partial charge is 0.166 e. The van der Waals surface area contributed by atoms with Gasteiger partial charge in [-0.05, 0) is 31.4 Å². The first-order valence-electron chi connectivity index (χ1n) is 6.51. The monoisotopic (exact) mass is 267 g/mol. The van der Waals surface area contributed by atoms with Crippen LogP contribution in [-0.2, 0) is 0 Å². The second-order valence-corrected chi connectivity index (χ2v) is 5.44. The normalized spacial score (nSPS) is 25.7. The Morgan fingerprint density at radius 1 is 1.22 bits per heavy atom. The Balaban J connectivity index is 2.22. The highest BCUT2D eigenvalue weighted by atomic mass is 35.5. The molecule has 1 aliphatic heterocycles. The van der Waals surface area contributed by atoms with Gasteiger partial charge in [0.15, 0.2) is 11.5 Å². The van der Waals surface area contributed by atoms with Crippen molar-refractivity contribution < 1.29 is 9.47 Å². The van der Waals surface area contributed by atoms with Crippen molar-refractivity contribution in [2.45, 2.75) is 31.7 Å². The zero-order chi connectivity index (χ0) is 12.7. The molecule has 0 amide bonds. The van der Waals surface area contributed by atoms with E-state index in [2.05, 4.69) is 12.2 Å². The summed E-state index contributed by atoms with van der Waals surface area (Å²) in [7, 11) is 1.99. The van der Waals surface area contributed by atoms with Crippen LogP contribution in [0.4, 0.5) is 0 Å². The average molecular weight is 268 g/mol. The average Bonchev–Trinajstić information content (AvgIpc) is 2.39. The second kappa shape index (κ2) is 4.63. The Morgan fingerprint density at radius 3 is 2.78 bits per heavy atom. The van der Waals surface area contributed by atoms with Crippen molar-refractivity contribution in [1.82, 2.24) is 5.32 Å². The summed E-state index contributed by atoms with van der Waals surface area (Å²) < 4.78 is 11.5. The largest absolute Gasteiger partial charge is 0.486 e. The van der Waals surface area contributed by atoms with Gasteiger partial charge in [-0.25, -0.2) is 0 Å². The van der Waals surface area contributed by atoms with E-state index < -0.39 is 0 Å². The first-order chi connectivity index (χ1) is 8.72. The molecule has 2 aliphatic rings. The molecular weight excluding hydrogens is 250 g/mol. The first kappa shape index (κ1) is 12.1. The molecule has 0 saturated heterocycles. The molecule has 0 fully saturated rings. The molecule has 1 aromatic carbocycles. The molecule has 0 saturated carbocycles. The minimum atomic E-state index is 0.311. The van der Waals surface area contributed by atoms with Gasteiger partial charge in [0.25, 0.3) is 0 Å². The number of ether oxygens (including phenoxy) is 2. The third-order valence-electron chi connectivity index (χ3n) is 3.94. The summed E-state index contributed by atoms with van der Waals surface area (Å²) in [4.78, 5) is 0. The molecule has 98 valence electrons. The number of halogens is 1. The fourth-order valence-corrected chi connectivity index (χ4v) is 3.42. The molecule has 3 nitrogen and oxygen atoms in total. The maximum absolute atomic E-state index is 6.43. The van der Waals surface area contributed by atoms with Crippen LogP contribution >= 0.6 is 11.6 Å². The van der Waals surface area contributed by atoms with Crippen molar-refractivity contribution in [3.8, 4) is 11.5 Å². The second-order valence-electron chi connectivity index (χ2n) is 5.03. The van der Waals surface area contributed by atoms with E-state index in [1.165, 1.54) is 11.1 Å². The predicted octanol–water partition coefficient (Wildman–Crippen LogP) is 3.27. The van der Waals surface area contributed by atoms with Gasteiger partial charge < -0.3 is 14.8 Å². The minimum Gasteiger partial charge on any atom is -0.486 e. The fourth-order valence-electron chi connectivity index (χ4n) is 3.03. The van der Waals surface area contributed by atoms with Crippen molar-refractivity contribution in [1.29, 1.82) is 0 Å². The number of hydrogen-bond acceptors (Lipinski definition) is 3.